The molecule has 12 N–H and O–H groups in total. The number of H-pyrrole nitrogens is 1. The van der Waals surface area contributed by atoms with Crippen LogP contribution in [0.1, 0.15) is 50.5 Å². The van der Waals surface area contributed by atoms with Crippen molar-refractivity contribution in [1.29, 1.82) is 0 Å². The first-order chi connectivity index (χ1) is 19.6. The Kier molecular flexibility index (Phi) is 13.7. The molecule has 0 fully saturated rings. The molecule has 0 aliphatic heterocycles. The minimum Gasteiger partial charge on any atom is -0.481 e. The van der Waals surface area contributed by atoms with Crippen LogP contribution in [-0.4, -0.2) is 82.1 Å². The Morgan fingerprint density at radius 1 is 0.780 bits per heavy atom. The molecule has 0 radical (unpaired) electrons. The number of carbonyl (C=O) groups is 5. The number of rotatable bonds is 19. The molecule has 2 aromatic rings. The van der Waals surface area contributed by atoms with Crippen LogP contribution in [0.2, 0.25) is 0 Å². The summed E-state index contributed by atoms with van der Waals surface area (Å²) in [5.74, 6) is -5.06. The number of carboxylic acids is 2. The highest BCUT2D eigenvalue weighted by Crippen LogP contribution is 2.19. The molecule has 0 aliphatic rings. The zero-order chi connectivity index (χ0) is 30.4. The van der Waals surface area contributed by atoms with E-state index in [0.29, 0.717) is 38.8 Å². The van der Waals surface area contributed by atoms with Crippen LogP contribution >= 0.6 is 0 Å². The first-order valence-corrected chi connectivity index (χ1v) is 13.6. The molecule has 0 bridgehead atoms. The Hall–Kier alpha value is -4.01. The highest BCUT2D eigenvalue weighted by Gasteiger charge is 2.31. The van der Waals surface area contributed by atoms with Crippen molar-refractivity contribution in [2.24, 2.45) is 17.2 Å². The highest BCUT2D eigenvalue weighted by molar-refractivity contribution is 5.95. The summed E-state index contributed by atoms with van der Waals surface area (Å²) < 4.78 is 0. The normalized spacial score (nSPS) is 14.0. The van der Waals surface area contributed by atoms with Crippen molar-refractivity contribution in [1.82, 2.24) is 20.9 Å². The monoisotopic (exact) mass is 575 g/mol. The molecule has 2 rings (SSSR count). The lowest BCUT2D eigenvalue weighted by Crippen LogP contribution is -2.57. The summed E-state index contributed by atoms with van der Waals surface area (Å²) in [6.45, 7) is 0.702. The number of aromatic amines is 1. The predicted molar refractivity (Wildman–Crippen MR) is 151 cm³/mol. The number of benzene rings is 1. The highest BCUT2D eigenvalue weighted by atomic mass is 16.4. The first kappa shape index (κ1) is 33.2. The van der Waals surface area contributed by atoms with Gasteiger partial charge in [-0.1, -0.05) is 18.2 Å². The van der Waals surface area contributed by atoms with Gasteiger partial charge in [0, 0.05) is 17.1 Å². The number of aromatic nitrogens is 1. The molecule has 14 nitrogen and oxygen atoms in total. The Morgan fingerprint density at radius 3 is 1.95 bits per heavy atom. The number of hydrogen-bond acceptors (Lipinski definition) is 8. The van der Waals surface area contributed by atoms with Crippen molar-refractivity contribution in [3.63, 3.8) is 0 Å². The topological polar surface area (TPSA) is 256 Å². The van der Waals surface area contributed by atoms with Gasteiger partial charge in [0.15, 0.2) is 0 Å². The van der Waals surface area contributed by atoms with Gasteiger partial charge in [-0.05, 0) is 69.7 Å². The minimum atomic E-state index is -1.58. The van der Waals surface area contributed by atoms with Gasteiger partial charge in [-0.2, -0.15) is 0 Å². The Labute approximate surface area is 237 Å². The van der Waals surface area contributed by atoms with E-state index in [9.17, 15) is 34.2 Å². The van der Waals surface area contributed by atoms with Gasteiger partial charge in [-0.15, -0.1) is 0 Å². The smallest absolute Gasteiger partial charge is 0.326 e. The van der Waals surface area contributed by atoms with Crippen molar-refractivity contribution < 1.29 is 34.2 Å². The first-order valence-electron chi connectivity index (χ1n) is 13.6. The average molecular weight is 576 g/mol. The SMILES string of the molecule is NCCCCC(NC(=O)C(CC(=O)O)NC(=O)C(CCCCN)NC(=O)C(N)Cc1c[nH]c2ccccc12)C(=O)O. The second-order valence-electron chi connectivity index (χ2n) is 9.86. The number of nitrogens with two attached hydrogens (primary N) is 3. The molecule has 41 heavy (non-hydrogen) atoms. The molecular weight excluding hydrogens is 534 g/mol. The van der Waals surface area contributed by atoms with Crippen LogP contribution in [0.15, 0.2) is 30.5 Å². The number of carbonyl (C=O) groups excluding carboxylic acids is 3. The van der Waals surface area contributed by atoms with E-state index >= 15 is 0 Å². The van der Waals surface area contributed by atoms with Gasteiger partial charge in [0.05, 0.1) is 12.5 Å². The number of carboxylic acid groups (broad SMARTS) is 2. The molecule has 14 heteroatoms. The summed E-state index contributed by atoms with van der Waals surface area (Å²) in [5, 5.41) is 27.0. The number of fused-ring (bicyclic) bond motifs is 1. The molecule has 4 unspecified atom stereocenters. The van der Waals surface area contributed by atoms with Crippen LogP contribution in [0.4, 0.5) is 0 Å². The molecule has 0 spiro atoms. The molecule has 0 aliphatic carbocycles. The van der Waals surface area contributed by atoms with E-state index in [4.69, 9.17) is 17.2 Å². The second kappa shape index (κ2) is 16.9. The maximum atomic E-state index is 13.2. The fourth-order valence-electron chi connectivity index (χ4n) is 4.35. The van der Waals surface area contributed by atoms with Gasteiger partial charge in [0.1, 0.15) is 18.1 Å². The number of para-hydroxylation sites is 1. The molecule has 1 aromatic carbocycles. The van der Waals surface area contributed by atoms with E-state index in [2.05, 4.69) is 20.9 Å². The molecule has 4 atom stereocenters. The van der Waals surface area contributed by atoms with Crippen LogP contribution in [0.3, 0.4) is 0 Å². The van der Waals surface area contributed by atoms with Crippen LogP contribution in [-0.2, 0) is 30.4 Å². The summed E-state index contributed by atoms with van der Waals surface area (Å²) in [6.07, 6.45) is 3.39. The van der Waals surface area contributed by atoms with Crippen molar-refractivity contribution >= 4 is 40.6 Å². The van der Waals surface area contributed by atoms with Crippen molar-refractivity contribution in [2.75, 3.05) is 13.1 Å². The van der Waals surface area contributed by atoms with E-state index in [1.807, 2.05) is 24.3 Å². The summed E-state index contributed by atoms with van der Waals surface area (Å²) >= 11 is 0. The molecule has 3 amide bonds. The van der Waals surface area contributed by atoms with E-state index < -0.39 is 60.2 Å². The lowest BCUT2D eigenvalue weighted by molar-refractivity contribution is -0.143. The summed E-state index contributed by atoms with van der Waals surface area (Å²) in [4.78, 5) is 65.2. The van der Waals surface area contributed by atoms with E-state index in [1.54, 1.807) is 6.20 Å². The zero-order valence-electron chi connectivity index (χ0n) is 22.9. The Bertz CT molecular complexity index is 1190. The number of hydrogen-bond donors (Lipinski definition) is 9. The Morgan fingerprint density at radius 2 is 1.34 bits per heavy atom. The minimum absolute atomic E-state index is 0.0814. The molecule has 0 saturated carbocycles. The third-order valence-corrected chi connectivity index (χ3v) is 6.60. The van der Waals surface area contributed by atoms with Gasteiger partial charge in [-0.25, -0.2) is 4.79 Å². The van der Waals surface area contributed by atoms with Gasteiger partial charge >= 0.3 is 11.9 Å². The summed E-state index contributed by atoms with van der Waals surface area (Å²) in [5.41, 5.74) is 18.9. The van der Waals surface area contributed by atoms with Gasteiger partial charge in [0.2, 0.25) is 17.7 Å². The van der Waals surface area contributed by atoms with Crippen molar-refractivity contribution in [2.45, 2.75) is 75.5 Å². The number of aliphatic carboxylic acids is 2. The van der Waals surface area contributed by atoms with Crippen LogP contribution in [0.25, 0.3) is 10.9 Å². The van der Waals surface area contributed by atoms with Crippen molar-refractivity contribution in [3.05, 3.63) is 36.0 Å². The average Bonchev–Trinajstić information content (AvgIpc) is 3.33. The zero-order valence-corrected chi connectivity index (χ0v) is 22.9. The number of amides is 3. The molecule has 0 saturated heterocycles. The molecule has 226 valence electrons. The van der Waals surface area contributed by atoms with Crippen molar-refractivity contribution in [3.8, 4) is 0 Å². The summed E-state index contributed by atoms with van der Waals surface area (Å²) in [6, 6.07) is 2.54. The standard InChI is InChI=1S/C27H41N7O7/c28-11-5-3-9-20(32-24(37)18(30)13-16-15-31-19-8-2-1-7-17(16)19)25(38)34-22(14-23(35)36)26(39)33-21(27(40)41)10-4-6-12-29/h1-2,7-8,15,18,20-22,31H,3-6,9-14,28-30H2,(H,32,37)(H,33,39)(H,34,38)(H,35,36)(H,40,41). The van der Waals surface area contributed by atoms with Gasteiger partial charge < -0.3 is 48.3 Å². The predicted octanol–water partition coefficient (Wildman–Crippen LogP) is -0.691. The molecular formula is C27H41N7O7. The third-order valence-electron chi connectivity index (χ3n) is 6.60. The fraction of sp³-hybridized carbons (Fsp3) is 0.519. The van der Waals surface area contributed by atoms with E-state index in [-0.39, 0.29) is 19.3 Å². The second-order valence-corrected chi connectivity index (χ2v) is 9.86. The Balaban J connectivity index is 2.12. The number of unbranched alkanes of at least 4 members (excludes halogenated alkanes) is 2. The quantitative estimate of drug-likeness (QED) is 0.0952. The van der Waals surface area contributed by atoms with Crippen LogP contribution < -0.4 is 33.2 Å². The molecule has 1 heterocycles. The van der Waals surface area contributed by atoms with Gasteiger partial charge in [-0.3, -0.25) is 19.2 Å². The van der Waals surface area contributed by atoms with E-state index in [0.717, 1.165) is 16.5 Å². The maximum Gasteiger partial charge on any atom is 0.326 e. The molecule has 1 aromatic heterocycles. The van der Waals surface area contributed by atoms with Crippen LogP contribution in [0.5, 0.6) is 0 Å². The summed E-state index contributed by atoms with van der Waals surface area (Å²) in [7, 11) is 0. The lowest BCUT2D eigenvalue weighted by atomic mass is 10.0. The lowest BCUT2D eigenvalue weighted by Gasteiger charge is -2.24. The fourth-order valence-corrected chi connectivity index (χ4v) is 4.35. The van der Waals surface area contributed by atoms with Gasteiger partial charge in [0.25, 0.3) is 0 Å². The maximum absolute atomic E-state index is 13.2. The largest absolute Gasteiger partial charge is 0.481 e. The number of nitrogens with one attached hydrogen (secondary N) is 4. The third kappa shape index (κ3) is 10.8. The van der Waals surface area contributed by atoms with E-state index in [1.165, 1.54) is 0 Å². The van der Waals surface area contributed by atoms with Crippen LogP contribution in [0, 0.1) is 0 Å².